The van der Waals surface area contributed by atoms with E-state index in [0.717, 1.165) is 11.4 Å². The summed E-state index contributed by atoms with van der Waals surface area (Å²) in [4.78, 5) is 13.0. The Hall–Kier alpha value is -2.02. The number of methoxy groups -OCH3 is 1. The molecule has 1 atom stereocenters. The summed E-state index contributed by atoms with van der Waals surface area (Å²) in [5, 5.41) is 2.59. The predicted octanol–water partition coefficient (Wildman–Crippen LogP) is -0.0687. The average molecular weight is 266 g/mol. The van der Waals surface area contributed by atoms with Crippen molar-refractivity contribution in [2.45, 2.75) is 5.50 Å². The van der Waals surface area contributed by atoms with Gasteiger partial charge < -0.3 is 21.5 Å². The number of amides is 1. The number of anilines is 1. The molecule has 1 amide bonds. The standard InChI is InChI=1S/C11H14N4O2S/c1-17-7-4-2-6(3-5-7)15-9(13)8(12)10(16)14-11(15)18/h2-5,11,18H,12-13H2,1H3,(H,14,16). The van der Waals surface area contributed by atoms with Crippen LogP contribution in [0.25, 0.3) is 0 Å². The highest BCUT2D eigenvalue weighted by molar-refractivity contribution is 7.81. The van der Waals surface area contributed by atoms with Crippen LogP contribution in [0.2, 0.25) is 0 Å². The van der Waals surface area contributed by atoms with Crippen LogP contribution in [-0.2, 0) is 4.79 Å². The molecule has 1 aromatic carbocycles. The van der Waals surface area contributed by atoms with Gasteiger partial charge in [-0.3, -0.25) is 9.69 Å². The molecule has 1 aromatic rings. The Kier molecular flexibility index (Phi) is 3.24. The highest BCUT2D eigenvalue weighted by atomic mass is 32.1. The first kappa shape index (κ1) is 12.4. The third kappa shape index (κ3) is 2.04. The minimum absolute atomic E-state index is 0.0175. The van der Waals surface area contributed by atoms with Crippen molar-refractivity contribution >= 4 is 24.2 Å². The monoisotopic (exact) mass is 266 g/mol. The summed E-state index contributed by atoms with van der Waals surface area (Å²) in [6, 6.07) is 7.19. The molecule has 96 valence electrons. The maximum Gasteiger partial charge on any atom is 0.273 e. The molecular formula is C11H14N4O2S. The van der Waals surface area contributed by atoms with Crippen molar-refractivity contribution in [3.05, 3.63) is 35.8 Å². The second-order valence-corrected chi connectivity index (χ2v) is 4.20. The van der Waals surface area contributed by atoms with Crippen LogP contribution in [-0.4, -0.2) is 18.5 Å². The molecule has 0 saturated heterocycles. The zero-order valence-electron chi connectivity index (χ0n) is 9.75. The van der Waals surface area contributed by atoms with Crippen LogP contribution in [0.5, 0.6) is 5.75 Å². The Labute approximate surface area is 110 Å². The summed E-state index contributed by atoms with van der Waals surface area (Å²) in [6.07, 6.45) is 0. The molecule has 1 aliphatic heterocycles. The summed E-state index contributed by atoms with van der Waals surface area (Å²) >= 11 is 4.27. The fourth-order valence-corrected chi connectivity index (χ4v) is 2.04. The Morgan fingerprint density at radius 3 is 2.50 bits per heavy atom. The second-order valence-electron chi connectivity index (χ2n) is 3.71. The summed E-state index contributed by atoms with van der Waals surface area (Å²) in [5.41, 5.74) is 11.6. The Morgan fingerprint density at radius 2 is 1.94 bits per heavy atom. The first-order valence-electron chi connectivity index (χ1n) is 5.22. The topological polar surface area (TPSA) is 93.6 Å². The Morgan fingerprint density at radius 1 is 1.33 bits per heavy atom. The van der Waals surface area contributed by atoms with Gasteiger partial charge in [0.15, 0.2) is 5.50 Å². The number of thiol groups is 1. The summed E-state index contributed by atoms with van der Waals surface area (Å²) in [7, 11) is 1.59. The number of benzene rings is 1. The zero-order valence-corrected chi connectivity index (χ0v) is 10.6. The Balaban J connectivity index is 2.39. The van der Waals surface area contributed by atoms with Gasteiger partial charge in [0, 0.05) is 5.69 Å². The molecule has 0 aliphatic carbocycles. The molecule has 18 heavy (non-hydrogen) atoms. The molecular weight excluding hydrogens is 252 g/mol. The lowest BCUT2D eigenvalue weighted by Gasteiger charge is -2.35. The highest BCUT2D eigenvalue weighted by Crippen LogP contribution is 2.26. The van der Waals surface area contributed by atoms with Gasteiger partial charge in [-0.25, -0.2) is 0 Å². The van der Waals surface area contributed by atoms with E-state index in [-0.39, 0.29) is 11.5 Å². The van der Waals surface area contributed by atoms with Gasteiger partial charge in [-0.2, -0.15) is 0 Å². The number of hydrogen-bond acceptors (Lipinski definition) is 6. The first-order valence-corrected chi connectivity index (χ1v) is 5.73. The average Bonchev–Trinajstić information content (AvgIpc) is 2.37. The van der Waals surface area contributed by atoms with Crippen LogP contribution in [0.15, 0.2) is 35.8 Å². The molecule has 6 nitrogen and oxygen atoms in total. The molecule has 5 N–H and O–H groups in total. The van der Waals surface area contributed by atoms with Crippen molar-refractivity contribution in [2.75, 3.05) is 12.0 Å². The van der Waals surface area contributed by atoms with Gasteiger partial charge in [0.25, 0.3) is 5.91 Å². The lowest BCUT2D eigenvalue weighted by Crippen LogP contribution is -2.53. The number of nitrogens with two attached hydrogens (primary N) is 2. The largest absolute Gasteiger partial charge is 0.497 e. The van der Waals surface area contributed by atoms with Gasteiger partial charge in [-0.05, 0) is 24.3 Å². The molecule has 0 aromatic heterocycles. The number of carbonyl (C=O) groups is 1. The molecule has 7 heteroatoms. The number of carbonyl (C=O) groups excluding carboxylic acids is 1. The smallest absolute Gasteiger partial charge is 0.273 e. The van der Waals surface area contributed by atoms with E-state index in [2.05, 4.69) is 17.9 Å². The van der Waals surface area contributed by atoms with Crippen LogP contribution < -0.4 is 26.4 Å². The van der Waals surface area contributed by atoms with Crippen molar-refractivity contribution in [1.82, 2.24) is 5.32 Å². The molecule has 1 aliphatic rings. The SMILES string of the molecule is COc1ccc(N2C(N)=C(N)C(=O)NC2S)cc1. The van der Waals surface area contributed by atoms with E-state index in [0.29, 0.717) is 0 Å². The Bertz CT molecular complexity index is 500. The normalized spacial score (nSPS) is 19.8. The first-order chi connectivity index (χ1) is 8.54. The number of ether oxygens (including phenoxy) is 1. The van der Waals surface area contributed by atoms with Crippen LogP contribution in [0.4, 0.5) is 5.69 Å². The summed E-state index contributed by atoms with van der Waals surface area (Å²) in [6.45, 7) is 0. The van der Waals surface area contributed by atoms with Crippen LogP contribution in [0.3, 0.4) is 0 Å². The lowest BCUT2D eigenvalue weighted by molar-refractivity contribution is -0.118. The fourth-order valence-electron chi connectivity index (χ4n) is 1.66. The number of nitrogens with zero attached hydrogens (tertiary/aromatic N) is 1. The number of nitrogens with one attached hydrogen (secondary N) is 1. The number of hydrogen-bond donors (Lipinski definition) is 4. The third-order valence-electron chi connectivity index (χ3n) is 2.64. The highest BCUT2D eigenvalue weighted by Gasteiger charge is 2.29. The van der Waals surface area contributed by atoms with E-state index in [1.54, 1.807) is 36.3 Å². The van der Waals surface area contributed by atoms with Gasteiger partial charge in [-0.15, -0.1) is 12.6 Å². The summed E-state index contributed by atoms with van der Waals surface area (Å²) < 4.78 is 5.07. The molecule has 1 unspecified atom stereocenters. The minimum Gasteiger partial charge on any atom is -0.497 e. The molecule has 1 heterocycles. The van der Waals surface area contributed by atoms with Crippen LogP contribution >= 0.6 is 12.6 Å². The second kappa shape index (κ2) is 4.69. The number of rotatable bonds is 2. The van der Waals surface area contributed by atoms with E-state index in [9.17, 15) is 4.79 Å². The molecule has 0 radical (unpaired) electrons. The van der Waals surface area contributed by atoms with Crippen LogP contribution in [0.1, 0.15) is 0 Å². The summed E-state index contributed by atoms with van der Waals surface area (Å²) in [5.74, 6) is 0.493. The molecule has 0 fully saturated rings. The van der Waals surface area contributed by atoms with E-state index in [1.807, 2.05) is 0 Å². The van der Waals surface area contributed by atoms with E-state index < -0.39 is 11.4 Å². The molecule has 2 rings (SSSR count). The van der Waals surface area contributed by atoms with Crippen molar-refractivity contribution in [3.8, 4) is 5.75 Å². The van der Waals surface area contributed by atoms with Crippen molar-refractivity contribution in [1.29, 1.82) is 0 Å². The minimum atomic E-state index is -0.557. The van der Waals surface area contributed by atoms with E-state index in [4.69, 9.17) is 16.2 Å². The third-order valence-corrected chi connectivity index (χ3v) is 3.00. The van der Waals surface area contributed by atoms with Crippen molar-refractivity contribution < 1.29 is 9.53 Å². The van der Waals surface area contributed by atoms with Gasteiger partial charge >= 0.3 is 0 Å². The predicted molar refractivity (Wildman–Crippen MR) is 71.8 cm³/mol. The zero-order chi connectivity index (χ0) is 13.3. The van der Waals surface area contributed by atoms with E-state index in [1.165, 1.54) is 0 Å². The van der Waals surface area contributed by atoms with Gasteiger partial charge in [0.1, 0.15) is 17.3 Å². The fraction of sp³-hybridized carbons (Fsp3) is 0.182. The van der Waals surface area contributed by atoms with E-state index >= 15 is 0 Å². The maximum atomic E-state index is 11.4. The quantitative estimate of drug-likeness (QED) is 0.562. The molecule has 0 bridgehead atoms. The van der Waals surface area contributed by atoms with Gasteiger partial charge in [-0.1, -0.05) is 0 Å². The van der Waals surface area contributed by atoms with Crippen molar-refractivity contribution in [2.24, 2.45) is 11.5 Å². The molecule has 0 spiro atoms. The van der Waals surface area contributed by atoms with Gasteiger partial charge in [0.05, 0.1) is 7.11 Å². The van der Waals surface area contributed by atoms with Crippen molar-refractivity contribution in [3.63, 3.8) is 0 Å². The maximum absolute atomic E-state index is 11.4. The lowest BCUT2D eigenvalue weighted by atomic mass is 10.2. The van der Waals surface area contributed by atoms with Crippen LogP contribution in [0, 0.1) is 0 Å². The van der Waals surface area contributed by atoms with Gasteiger partial charge in [0.2, 0.25) is 0 Å². The molecule has 0 saturated carbocycles.